The van der Waals surface area contributed by atoms with Gasteiger partial charge in [-0.3, -0.25) is 0 Å². The molecule has 0 saturated heterocycles. The van der Waals surface area contributed by atoms with Crippen LogP contribution >= 0.6 is 27.3 Å². The van der Waals surface area contributed by atoms with Crippen LogP contribution in [-0.4, -0.2) is 19.5 Å². The van der Waals surface area contributed by atoms with Crippen molar-refractivity contribution in [2.45, 2.75) is 17.6 Å². The Kier molecular flexibility index (Phi) is 4.31. The molecule has 4 nitrogen and oxygen atoms in total. The van der Waals surface area contributed by atoms with Crippen molar-refractivity contribution in [1.29, 1.82) is 0 Å². The van der Waals surface area contributed by atoms with E-state index in [-0.39, 0.29) is 15.5 Å². The van der Waals surface area contributed by atoms with E-state index in [1.165, 1.54) is 12.1 Å². The minimum atomic E-state index is -3.51. The van der Waals surface area contributed by atoms with Crippen molar-refractivity contribution >= 4 is 43.1 Å². The molecule has 2 rings (SSSR count). The van der Waals surface area contributed by atoms with Crippen molar-refractivity contribution in [3.05, 3.63) is 50.1 Å². The SMILES string of the molecule is Cc1sc(C(=O)O)cc1CS(=O)(=O)c1ccccc1Br. The van der Waals surface area contributed by atoms with Crippen LogP contribution in [-0.2, 0) is 15.6 Å². The molecule has 0 saturated carbocycles. The molecule has 2 aromatic rings. The highest BCUT2D eigenvalue weighted by atomic mass is 79.9. The molecule has 1 N–H and O–H groups in total. The topological polar surface area (TPSA) is 71.4 Å². The fourth-order valence-corrected chi connectivity index (χ4v) is 5.26. The van der Waals surface area contributed by atoms with E-state index in [0.717, 1.165) is 11.3 Å². The first-order valence-corrected chi connectivity index (χ1v) is 8.87. The number of thiophene rings is 1. The lowest BCUT2D eigenvalue weighted by Gasteiger charge is -2.06. The molecule has 20 heavy (non-hydrogen) atoms. The van der Waals surface area contributed by atoms with Gasteiger partial charge >= 0.3 is 5.97 Å². The monoisotopic (exact) mass is 374 g/mol. The number of carbonyl (C=O) groups is 1. The summed E-state index contributed by atoms with van der Waals surface area (Å²) in [6.45, 7) is 1.72. The molecule has 1 aromatic carbocycles. The molecule has 1 heterocycles. The first-order valence-electron chi connectivity index (χ1n) is 5.61. The molecule has 0 atom stereocenters. The van der Waals surface area contributed by atoms with Gasteiger partial charge < -0.3 is 5.11 Å². The van der Waals surface area contributed by atoms with Crippen LogP contribution in [0.4, 0.5) is 0 Å². The predicted octanol–water partition coefficient (Wildman–Crippen LogP) is 3.49. The van der Waals surface area contributed by atoms with E-state index in [4.69, 9.17) is 5.11 Å². The maximum Gasteiger partial charge on any atom is 0.345 e. The van der Waals surface area contributed by atoms with Crippen LogP contribution in [0.5, 0.6) is 0 Å². The van der Waals surface area contributed by atoms with Crippen molar-refractivity contribution in [3.63, 3.8) is 0 Å². The number of sulfone groups is 1. The molecule has 0 bridgehead atoms. The van der Waals surface area contributed by atoms with Crippen molar-refractivity contribution in [2.75, 3.05) is 0 Å². The molecule has 106 valence electrons. The number of halogens is 1. The molecule has 0 aliphatic heterocycles. The Balaban J connectivity index is 2.39. The van der Waals surface area contributed by atoms with Crippen molar-refractivity contribution in [2.24, 2.45) is 0 Å². The molecule has 1 aromatic heterocycles. The largest absolute Gasteiger partial charge is 0.477 e. The Morgan fingerprint density at radius 1 is 1.35 bits per heavy atom. The second kappa shape index (κ2) is 5.67. The van der Waals surface area contributed by atoms with Gasteiger partial charge in [0.15, 0.2) is 9.84 Å². The molecule has 0 radical (unpaired) electrons. The van der Waals surface area contributed by atoms with E-state index in [9.17, 15) is 13.2 Å². The van der Waals surface area contributed by atoms with Gasteiger partial charge in [0.1, 0.15) is 4.88 Å². The Morgan fingerprint density at radius 2 is 2.00 bits per heavy atom. The molecule has 0 aliphatic rings. The maximum absolute atomic E-state index is 12.4. The number of rotatable bonds is 4. The minimum Gasteiger partial charge on any atom is -0.477 e. The maximum atomic E-state index is 12.4. The third-order valence-corrected chi connectivity index (χ3v) is 6.50. The first kappa shape index (κ1) is 15.2. The zero-order valence-corrected chi connectivity index (χ0v) is 13.7. The molecular weight excluding hydrogens is 364 g/mol. The number of aromatic carboxylic acids is 1. The fraction of sp³-hybridized carbons (Fsp3) is 0.154. The molecule has 0 spiro atoms. The number of aryl methyl sites for hydroxylation is 1. The summed E-state index contributed by atoms with van der Waals surface area (Å²) in [6.07, 6.45) is 0. The van der Waals surface area contributed by atoms with Gasteiger partial charge in [0.05, 0.1) is 10.6 Å². The van der Waals surface area contributed by atoms with Crippen molar-refractivity contribution in [1.82, 2.24) is 0 Å². The van der Waals surface area contributed by atoms with Crippen LogP contribution in [0.2, 0.25) is 0 Å². The van der Waals surface area contributed by atoms with Gasteiger partial charge in [-0.15, -0.1) is 11.3 Å². The van der Waals surface area contributed by atoms with Gasteiger partial charge in [-0.25, -0.2) is 13.2 Å². The number of carboxylic acid groups (broad SMARTS) is 1. The normalized spacial score (nSPS) is 11.5. The smallest absolute Gasteiger partial charge is 0.345 e. The van der Waals surface area contributed by atoms with Gasteiger partial charge in [-0.2, -0.15) is 0 Å². The molecular formula is C13H11BrO4S2. The summed E-state index contributed by atoms with van der Waals surface area (Å²) in [5, 5.41) is 8.94. The van der Waals surface area contributed by atoms with Crippen LogP contribution in [0, 0.1) is 6.92 Å². The second-order valence-electron chi connectivity index (χ2n) is 4.19. The van der Waals surface area contributed by atoms with E-state index in [1.807, 2.05) is 0 Å². The van der Waals surface area contributed by atoms with E-state index < -0.39 is 15.8 Å². The number of hydrogen-bond acceptors (Lipinski definition) is 4. The lowest BCUT2D eigenvalue weighted by molar-refractivity contribution is 0.0702. The Hall–Kier alpha value is -1.18. The first-order chi connectivity index (χ1) is 9.31. The molecule has 0 aliphatic carbocycles. The molecule has 7 heteroatoms. The Morgan fingerprint density at radius 3 is 2.55 bits per heavy atom. The lowest BCUT2D eigenvalue weighted by atomic mass is 10.3. The van der Waals surface area contributed by atoms with Gasteiger partial charge in [-0.1, -0.05) is 12.1 Å². The Bertz CT molecular complexity index is 762. The average Bonchev–Trinajstić information content (AvgIpc) is 2.71. The fourth-order valence-electron chi connectivity index (χ4n) is 1.75. The van der Waals surface area contributed by atoms with Gasteiger partial charge in [0, 0.05) is 9.35 Å². The van der Waals surface area contributed by atoms with Crippen LogP contribution in [0.25, 0.3) is 0 Å². The minimum absolute atomic E-state index is 0.153. The molecule has 0 fully saturated rings. The Labute approximate surface area is 129 Å². The van der Waals surface area contributed by atoms with Crippen LogP contribution in [0.15, 0.2) is 39.7 Å². The van der Waals surface area contributed by atoms with Crippen LogP contribution in [0.1, 0.15) is 20.1 Å². The lowest BCUT2D eigenvalue weighted by Crippen LogP contribution is -2.06. The van der Waals surface area contributed by atoms with Crippen LogP contribution in [0.3, 0.4) is 0 Å². The van der Waals surface area contributed by atoms with Gasteiger partial charge in [0.2, 0.25) is 0 Å². The van der Waals surface area contributed by atoms with E-state index >= 15 is 0 Å². The molecule has 0 unspecified atom stereocenters. The van der Waals surface area contributed by atoms with E-state index in [1.54, 1.807) is 25.1 Å². The third kappa shape index (κ3) is 3.11. The summed E-state index contributed by atoms with van der Waals surface area (Å²) in [4.78, 5) is 12.0. The highest BCUT2D eigenvalue weighted by molar-refractivity contribution is 9.10. The second-order valence-corrected chi connectivity index (χ2v) is 8.26. The number of benzene rings is 1. The summed E-state index contributed by atoms with van der Waals surface area (Å²) >= 11 is 4.31. The summed E-state index contributed by atoms with van der Waals surface area (Å²) in [6, 6.07) is 8.01. The van der Waals surface area contributed by atoms with E-state index in [0.29, 0.717) is 14.9 Å². The zero-order chi connectivity index (χ0) is 14.9. The summed E-state index contributed by atoms with van der Waals surface area (Å²) in [5.41, 5.74) is 0.531. The standard InChI is InChI=1S/C13H11BrO4S2/c1-8-9(6-11(19-8)13(15)16)7-20(17,18)12-5-3-2-4-10(12)14/h2-6H,7H2,1H3,(H,15,16). The quantitative estimate of drug-likeness (QED) is 0.888. The molecule has 0 amide bonds. The van der Waals surface area contributed by atoms with E-state index in [2.05, 4.69) is 15.9 Å². The van der Waals surface area contributed by atoms with Gasteiger partial charge in [0.25, 0.3) is 0 Å². The number of carboxylic acids is 1. The van der Waals surface area contributed by atoms with Gasteiger partial charge in [-0.05, 0) is 46.6 Å². The predicted molar refractivity (Wildman–Crippen MR) is 81.0 cm³/mol. The average molecular weight is 375 g/mol. The van der Waals surface area contributed by atoms with Crippen molar-refractivity contribution < 1.29 is 18.3 Å². The zero-order valence-electron chi connectivity index (χ0n) is 10.5. The number of hydrogen-bond donors (Lipinski definition) is 1. The van der Waals surface area contributed by atoms with Crippen molar-refractivity contribution in [3.8, 4) is 0 Å². The highest BCUT2D eigenvalue weighted by Crippen LogP contribution is 2.28. The van der Waals surface area contributed by atoms with Crippen LogP contribution < -0.4 is 0 Å². The summed E-state index contributed by atoms with van der Waals surface area (Å²) in [7, 11) is -3.51. The highest BCUT2D eigenvalue weighted by Gasteiger charge is 2.21. The summed E-state index contributed by atoms with van der Waals surface area (Å²) in [5.74, 6) is -1.24. The summed E-state index contributed by atoms with van der Waals surface area (Å²) < 4.78 is 25.3. The third-order valence-electron chi connectivity index (χ3n) is 2.75.